The minimum Gasteiger partial charge on any atom is -0.497 e. The number of ether oxygens (including phenoxy) is 2. The molecule has 24 heavy (non-hydrogen) atoms. The number of imide groups is 1. The van der Waals surface area contributed by atoms with Crippen LogP contribution < -0.4 is 15.0 Å². The third-order valence-electron chi connectivity index (χ3n) is 4.40. The van der Waals surface area contributed by atoms with Gasteiger partial charge in [-0.25, -0.2) is 4.90 Å². The lowest BCUT2D eigenvalue weighted by Crippen LogP contribution is -2.44. The number of nitrogens with one attached hydrogen (secondary N) is 1. The van der Waals surface area contributed by atoms with Crippen LogP contribution in [0.3, 0.4) is 0 Å². The van der Waals surface area contributed by atoms with Crippen molar-refractivity contribution < 1.29 is 19.1 Å². The zero-order valence-corrected chi connectivity index (χ0v) is 13.9. The second-order valence-electron chi connectivity index (χ2n) is 5.93. The first kappa shape index (κ1) is 16.9. The molecule has 1 aromatic rings. The first-order chi connectivity index (χ1) is 11.7. The van der Waals surface area contributed by atoms with Gasteiger partial charge in [0, 0.05) is 26.2 Å². The monoisotopic (exact) mass is 333 g/mol. The molecule has 0 aromatic heterocycles. The first-order valence-electron chi connectivity index (χ1n) is 8.23. The Kier molecular flexibility index (Phi) is 5.44. The lowest BCUT2D eigenvalue weighted by atomic mass is 10.2. The van der Waals surface area contributed by atoms with Gasteiger partial charge in [0.05, 0.1) is 38.5 Å². The molecule has 0 saturated carbocycles. The molecule has 2 aliphatic rings. The smallest absolute Gasteiger partial charge is 0.251 e. The summed E-state index contributed by atoms with van der Waals surface area (Å²) in [6, 6.07) is 6.50. The Morgan fingerprint density at radius 2 is 1.92 bits per heavy atom. The van der Waals surface area contributed by atoms with E-state index in [0.29, 0.717) is 18.0 Å². The molecule has 2 aliphatic heterocycles. The van der Waals surface area contributed by atoms with Crippen molar-refractivity contribution in [1.29, 1.82) is 0 Å². The van der Waals surface area contributed by atoms with Gasteiger partial charge in [-0.2, -0.15) is 0 Å². The summed E-state index contributed by atoms with van der Waals surface area (Å²) in [5.41, 5.74) is 0.586. The van der Waals surface area contributed by atoms with Gasteiger partial charge in [0.15, 0.2) is 0 Å². The third-order valence-corrected chi connectivity index (χ3v) is 4.40. The molecule has 0 aliphatic carbocycles. The Hall–Kier alpha value is -1.96. The molecule has 2 fully saturated rings. The predicted octanol–water partition coefficient (Wildman–Crippen LogP) is 0.249. The van der Waals surface area contributed by atoms with Crippen molar-refractivity contribution in [3.8, 4) is 5.75 Å². The minimum absolute atomic E-state index is 0.172. The Bertz CT molecular complexity index is 584. The molecule has 1 atom stereocenters. The fourth-order valence-corrected chi connectivity index (χ4v) is 3.02. The maximum Gasteiger partial charge on any atom is 0.251 e. The molecule has 0 spiro atoms. The number of rotatable bonds is 6. The van der Waals surface area contributed by atoms with Crippen molar-refractivity contribution in [1.82, 2.24) is 10.2 Å². The van der Waals surface area contributed by atoms with E-state index in [-0.39, 0.29) is 18.2 Å². The number of amides is 2. The van der Waals surface area contributed by atoms with Crippen molar-refractivity contribution in [2.24, 2.45) is 0 Å². The Morgan fingerprint density at radius 3 is 2.58 bits per heavy atom. The van der Waals surface area contributed by atoms with E-state index in [0.717, 1.165) is 32.8 Å². The van der Waals surface area contributed by atoms with E-state index >= 15 is 0 Å². The number of methoxy groups -OCH3 is 1. The van der Waals surface area contributed by atoms with Crippen LogP contribution in [0.2, 0.25) is 0 Å². The zero-order chi connectivity index (χ0) is 16.9. The average molecular weight is 333 g/mol. The summed E-state index contributed by atoms with van der Waals surface area (Å²) in [7, 11) is 1.58. The lowest BCUT2D eigenvalue weighted by Gasteiger charge is -2.27. The zero-order valence-electron chi connectivity index (χ0n) is 13.9. The van der Waals surface area contributed by atoms with Crippen molar-refractivity contribution >= 4 is 17.5 Å². The van der Waals surface area contributed by atoms with Gasteiger partial charge in [0.25, 0.3) is 5.91 Å². The minimum atomic E-state index is -0.444. The standard InChI is InChI=1S/C17H23N3O4/c1-23-14-4-2-13(3-5-14)20-16(21)12-15(17(20)22)18-6-7-19-8-10-24-11-9-19/h2-5,15,18H,6-12H2,1H3. The highest BCUT2D eigenvalue weighted by molar-refractivity contribution is 6.22. The molecule has 2 amide bonds. The predicted molar refractivity (Wildman–Crippen MR) is 89.2 cm³/mol. The van der Waals surface area contributed by atoms with Gasteiger partial charge in [-0.15, -0.1) is 0 Å². The van der Waals surface area contributed by atoms with Crippen molar-refractivity contribution in [3.05, 3.63) is 24.3 Å². The van der Waals surface area contributed by atoms with E-state index in [1.807, 2.05) is 0 Å². The second-order valence-corrected chi connectivity index (χ2v) is 5.93. The highest BCUT2D eigenvalue weighted by atomic mass is 16.5. The molecule has 130 valence electrons. The van der Waals surface area contributed by atoms with E-state index < -0.39 is 6.04 Å². The fraction of sp³-hybridized carbons (Fsp3) is 0.529. The van der Waals surface area contributed by atoms with Crippen molar-refractivity contribution in [3.63, 3.8) is 0 Å². The van der Waals surface area contributed by atoms with E-state index in [1.165, 1.54) is 4.90 Å². The molecular formula is C17H23N3O4. The Balaban J connectivity index is 1.54. The van der Waals surface area contributed by atoms with Crippen LogP contribution in [0, 0.1) is 0 Å². The maximum atomic E-state index is 12.5. The Labute approximate surface area is 141 Å². The number of benzene rings is 1. The van der Waals surface area contributed by atoms with Crippen LogP contribution in [0.15, 0.2) is 24.3 Å². The number of hydrogen-bond acceptors (Lipinski definition) is 6. The topological polar surface area (TPSA) is 71.1 Å². The van der Waals surface area contributed by atoms with Gasteiger partial charge >= 0.3 is 0 Å². The number of hydrogen-bond donors (Lipinski definition) is 1. The van der Waals surface area contributed by atoms with Gasteiger partial charge in [0.2, 0.25) is 5.91 Å². The summed E-state index contributed by atoms with van der Waals surface area (Å²) in [6.45, 7) is 4.87. The maximum absolute atomic E-state index is 12.5. The highest BCUT2D eigenvalue weighted by Gasteiger charge is 2.39. The first-order valence-corrected chi connectivity index (χ1v) is 8.23. The van der Waals surface area contributed by atoms with Crippen LogP contribution in [0.5, 0.6) is 5.75 Å². The molecule has 1 aromatic carbocycles. The third kappa shape index (κ3) is 3.75. The van der Waals surface area contributed by atoms with Gasteiger partial charge in [-0.1, -0.05) is 0 Å². The number of anilines is 1. The molecule has 1 N–H and O–H groups in total. The van der Waals surface area contributed by atoms with Gasteiger partial charge < -0.3 is 14.8 Å². The summed E-state index contributed by atoms with van der Waals surface area (Å²) in [5.74, 6) is 0.333. The molecule has 7 heteroatoms. The van der Waals surface area contributed by atoms with Crippen molar-refractivity contribution in [2.75, 3.05) is 51.4 Å². The lowest BCUT2D eigenvalue weighted by molar-refractivity contribution is -0.121. The largest absolute Gasteiger partial charge is 0.497 e. The average Bonchev–Trinajstić information content (AvgIpc) is 2.90. The summed E-state index contributed by atoms with van der Waals surface area (Å²) in [4.78, 5) is 28.3. The molecule has 0 bridgehead atoms. The van der Waals surface area contributed by atoms with Crippen molar-refractivity contribution in [2.45, 2.75) is 12.5 Å². The quantitative estimate of drug-likeness (QED) is 0.753. The second kappa shape index (κ2) is 7.74. The van der Waals surface area contributed by atoms with Crippen LogP contribution in [0.4, 0.5) is 5.69 Å². The molecule has 2 heterocycles. The number of nitrogens with zero attached hydrogens (tertiary/aromatic N) is 2. The number of carbonyl (C=O) groups excluding carboxylic acids is 2. The highest BCUT2D eigenvalue weighted by Crippen LogP contribution is 2.25. The summed E-state index contributed by atoms with van der Waals surface area (Å²) < 4.78 is 10.4. The normalized spacial score (nSPS) is 22.2. The fourth-order valence-electron chi connectivity index (χ4n) is 3.02. The van der Waals surface area contributed by atoms with E-state index in [2.05, 4.69) is 10.2 Å². The summed E-state index contributed by atoms with van der Waals surface area (Å²) in [6.07, 6.45) is 0.202. The Morgan fingerprint density at radius 1 is 1.21 bits per heavy atom. The van der Waals surface area contributed by atoms with Gasteiger partial charge in [-0.3, -0.25) is 14.5 Å². The van der Waals surface area contributed by atoms with Crippen LogP contribution in [0.25, 0.3) is 0 Å². The van der Waals surface area contributed by atoms with E-state index in [9.17, 15) is 9.59 Å². The molecule has 2 saturated heterocycles. The van der Waals surface area contributed by atoms with Crippen LogP contribution in [-0.4, -0.2) is 69.3 Å². The van der Waals surface area contributed by atoms with Crippen LogP contribution in [0.1, 0.15) is 6.42 Å². The van der Waals surface area contributed by atoms with Gasteiger partial charge in [0.1, 0.15) is 5.75 Å². The molecule has 3 rings (SSSR count). The number of morpholine rings is 1. The van der Waals surface area contributed by atoms with Crippen LogP contribution in [-0.2, 0) is 14.3 Å². The molecular weight excluding hydrogens is 310 g/mol. The van der Waals surface area contributed by atoms with E-state index in [1.54, 1.807) is 31.4 Å². The van der Waals surface area contributed by atoms with E-state index in [4.69, 9.17) is 9.47 Å². The number of carbonyl (C=O) groups is 2. The van der Waals surface area contributed by atoms with Crippen LogP contribution >= 0.6 is 0 Å². The SMILES string of the molecule is COc1ccc(N2C(=O)CC(NCCN3CCOCC3)C2=O)cc1. The summed E-state index contributed by atoms with van der Waals surface area (Å²) in [5, 5.41) is 3.21. The molecule has 0 radical (unpaired) electrons. The molecule has 7 nitrogen and oxygen atoms in total. The van der Waals surface area contributed by atoms with Gasteiger partial charge in [-0.05, 0) is 24.3 Å². The summed E-state index contributed by atoms with van der Waals surface area (Å²) >= 11 is 0. The molecule has 1 unspecified atom stereocenters.